The van der Waals surface area contributed by atoms with Crippen LogP contribution in [0.5, 0.6) is 0 Å². The van der Waals surface area contributed by atoms with Gasteiger partial charge in [0.2, 0.25) is 0 Å². The minimum atomic E-state index is 0.0974. The maximum atomic E-state index is 12.5. The van der Waals surface area contributed by atoms with Crippen molar-refractivity contribution in [1.82, 2.24) is 4.90 Å². The van der Waals surface area contributed by atoms with Crippen LogP contribution in [0, 0.1) is 0 Å². The second kappa shape index (κ2) is 6.20. The first-order chi connectivity index (χ1) is 9.13. The molecule has 0 aliphatic heterocycles. The van der Waals surface area contributed by atoms with Gasteiger partial charge in [0.1, 0.15) is 0 Å². The number of carbonyl (C=O) groups excluding carboxylic acids is 1. The van der Waals surface area contributed by atoms with Crippen molar-refractivity contribution in [3.05, 3.63) is 48.0 Å². The second-order valence-electron chi connectivity index (χ2n) is 4.84. The molecule has 0 aliphatic rings. The minimum Gasteiger partial charge on any atom is -0.335 e. The normalized spacial score (nSPS) is 10.9. The van der Waals surface area contributed by atoms with Crippen LogP contribution in [0.15, 0.2) is 42.5 Å². The van der Waals surface area contributed by atoms with Crippen LogP contribution in [0.4, 0.5) is 0 Å². The molecule has 0 unspecified atom stereocenters. The van der Waals surface area contributed by atoms with Crippen LogP contribution in [-0.2, 0) is 0 Å². The molecule has 0 bridgehead atoms. The van der Waals surface area contributed by atoms with E-state index in [-0.39, 0.29) is 11.9 Å². The topological polar surface area (TPSA) is 20.3 Å². The maximum absolute atomic E-state index is 12.5. The largest absolute Gasteiger partial charge is 0.335 e. The molecule has 3 heteroatoms. The number of halogens is 1. The zero-order valence-electron chi connectivity index (χ0n) is 11.3. The van der Waals surface area contributed by atoms with Crippen molar-refractivity contribution in [2.24, 2.45) is 0 Å². The highest BCUT2D eigenvalue weighted by Crippen LogP contribution is 2.17. The molecule has 1 amide bonds. The van der Waals surface area contributed by atoms with Crippen LogP contribution in [-0.4, -0.2) is 28.7 Å². The molecule has 0 spiro atoms. The van der Waals surface area contributed by atoms with Gasteiger partial charge in [-0.15, -0.1) is 0 Å². The van der Waals surface area contributed by atoms with Crippen molar-refractivity contribution in [1.29, 1.82) is 0 Å². The van der Waals surface area contributed by atoms with E-state index >= 15 is 0 Å². The molecule has 0 radical (unpaired) electrons. The van der Waals surface area contributed by atoms with E-state index < -0.39 is 0 Å². The monoisotopic (exact) mass is 319 g/mol. The first-order valence-corrected chi connectivity index (χ1v) is 7.61. The first-order valence-electron chi connectivity index (χ1n) is 6.49. The van der Waals surface area contributed by atoms with Crippen molar-refractivity contribution in [3.8, 4) is 0 Å². The van der Waals surface area contributed by atoms with Gasteiger partial charge in [0.15, 0.2) is 0 Å². The van der Waals surface area contributed by atoms with Gasteiger partial charge in [-0.1, -0.05) is 46.3 Å². The third kappa shape index (κ3) is 3.16. The molecule has 2 rings (SSSR count). The molecular weight excluding hydrogens is 302 g/mol. The summed E-state index contributed by atoms with van der Waals surface area (Å²) in [5.74, 6) is 0.0974. The third-order valence-electron chi connectivity index (χ3n) is 3.21. The van der Waals surface area contributed by atoms with Crippen LogP contribution in [0.1, 0.15) is 24.2 Å². The van der Waals surface area contributed by atoms with E-state index in [0.29, 0.717) is 0 Å². The van der Waals surface area contributed by atoms with Crippen molar-refractivity contribution in [3.63, 3.8) is 0 Å². The van der Waals surface area contributed by atoms with E-state index in [9.17, 15) is 4.79 Å². The number of rotatable bonds is 4. The van der Waals surface area contributed by atoms with Crippen LogP contribution in [0.2, 0.25) is 0 Å². The molecule has 19 heavy (non-hydrogen) atoms. The van der Waals surface area contributed by atoms with Crippen molar-refractivity contribution < 1.29 is 4.79 Å². The van der Waals surface area contributed by atoms with E-state index in [1.54, 1.807) is 0 Å². The fraction of sp³-hybridized carbons (Fsp3) is 0.312. The maximum Gasteiger partial charge on any atom is 0.254 e. The lowest BCUT2D eigenvalue weighted by molar-refractivity contribution is 0.0719. The molecule has 0 aliphatic carbocycles. The molecule has 0 heterocycles. The Hall–Kier alpha value is -1.35. The summed E-state index contributed by atoms with van der Waals surface area (Å²) in [5, 5.41) is 3.07. The third-order valence-corrected chi connectivity index (χ3v) is 3.56. The zero-order valence-corrected chi connectivity index (χ0v) is 12.9. The molecule has 2 nitrogen and oxygen atoms in total. The Morgan fingerprint density at radius 3 is 2.47 bits per heavy atom. The summed E-state index contributed by atoms with van der Waals surface area (Å²) >= 11 is 3.41. The number of fused-ring (bicyclic) bond motifs is 1. The number of amides is 1. The van der Waals surface area contributed by atoms with Gasteiger partial charge < -0.3 is 4.90 Å². The van der Waals surface area contributed by atoms with Gasteiger partial charge >= 0.3 is 0 Å². The molecule has 0 fully saturated rings. The lowest BCUT2D eigenvalue weighted by atomic mass is 10.1. The summed E-state index contributed by atoms with van der Waals surface area (Å²) in [7, 11) is 0. The Kier molecular flexibility index (Phi) is 4.59. The van der Waals surface area contributed by atoms with E-state index in [4.69, 9.17) is 0 Å². The SMILES string of the molecule is CC(C)N(CCBr)C(=O)c1ccc2ccccc2c1. The summed E-state index contributed by atoms with van der Waals surface area (Å²) in [4.78, 5) is 14.4. The van der Waals surface area contributed by atoms with Gasteiger partial charge in [-0.05, 0) is 36.8 Å². The molecule has 100 valence electrons. The van der Waals surface area contributed by atoms with Gasteiger partial charge in [-0.2, -0.15) is 0 Å². The van der Waals surface area contributed by atoms with Gasteiger partial charge in [0.25, 0.3) is 5.91 Å². The van der Waals surface area contributed by atoms with E-state index in [2.05, 4.69) is 22.0 Å². The molecular formula is C16H18BrNO. The summed E-state index contributed by atoms with van der Waals surface area (Å²) in [6.07, 6.45) is 0. The predicted molar refractivity (Wildman–Crippen MR) is 83.9 cm³/mol. The van der Waals surface area contributed by atoms with Gasteiger partial charge in [-0.25, -0.2) is 0 Å². The average Bonchev–Trinajstić information content (AvgIpc) is 2.43. The Balaban J connectivity index is 2.34. The quantitative estimate of drug-likeness (QED) is 0.777. The summed E-state index contributed by atoms with van der Waals surface area (Å²) in [5.41, 5.74) is 0.758. The van der Waals surface area contributed by atoms with Crippen molar-refractivity contribution in [2.45, 2.75) is 19.9 Å². The molecule has 2 aromatic carbocycles. The van der Waals surface area contributed by atoms with E-state index in [1.165, 1.54) is 0 Å². The van der Waals surface area contributed by atoms with Crippen LogP contribution in [0.3, 0.4) is 0 Å². The smallest absolute Gasteiger partial charge is 0.254 e. The predicted octanol–water partition coefficient (Wildman–Crippen LogP) is 4.09. The molecule has 0 aromatic heterocycles. The number of hydrogen-bond acceptors (Lipinski definition) is 1. The first kappa shape index (κ1) is 14.1. The number of alkyl halides is 1. The van der Waals surface area contributed by atoms with Gasteiger partial charge in [0.05, 0.1) is 0 Å². The summed E-state index contributed by atoms with van der Waals surface area (Å²) in [6.45, 7) is 4.81. The Labute approximate surface area is 122 Å². The van der Waals surface area contributed by atoms with Crippen molar-refractivity contribution in [2.75, 3.05) is 11.9 Å². The Bertz CT molecular complexity index is 580. The van der Waals surface area contributed by atoms with Crippen LogP contribution in [0.25, 0.3) is 10.8 Å². The Morgan fingerprint density at radius 2 is 1.84 bits per heavy atom. The molecule has 0 atom stereocenters. The highest BCUT2D eigenvalue weighted by molar-refractivity contribution is 9.09. The molecule has 0 saturated carbocycles. The van der Waals surface area contributed by atoms with Crippen LogP contribution >= 0.6 is 15.9 Å². The lowest BCUT2D eigenvalue weighted by Crippen LogP contribution is -2.38. The standard InChI is InChI=1S/C16H18BrNO/c1-12(2)18(10-9-17)16(19)15-8-7-13-5-3-4-6-14(13)11-15/h3-8,11-12H,9-10H2,1-2H3. The number of nitrogens with zero attached hydrogens (tertiary/aromatic N) is 1. The Morgan fingerprint density at radius 1 is 1.16 bits per heavy atom. The number of hydrogen-bond donors (Lipinski definition) is 0. The zero-order chi connectivity index (χ0) is 13.8. The van der Waals surface area contributed by atoms with Crippen molar-refractivity contribution >= 4 is 32.6 Å². The fourth-order valence-corrected chi connectivity index (χ4v) is 2.56. The summed E-state index contributed by atoms with van der Waals surface area (Å²) < 4.78 is 0. The van der Waals surface area contributed by atoms with Gasteiger partial charge in [0, 0.05) is 23.5 Å². The average molecular weight is 320 g/mol. The highest BCUT2D eigenvalue weighted by atomic mass is 79.9. The molecule has 0 N–H and O–H groups in total. The van der Waals surface area contributed by atoms with Crippen LogP contribution < -0.4 is 0 Å². The number of benzene rings is 2. The molecule has 0 saturated heterocycles. The fourth-order valence-electron chi connectivity index (χ4n) is 2.17. The lowest BCUT2D eigenvalue weighted by Gasteiger charge is -2.26. The van der Waals surface area contributed by atoms with E-state index in [1.807, 2.05) is 55.1 Å². The summed E-state index contributed by atoms with van der Waals surface area (Å²) in [6, 6.07) is 14.2. The minimum absolute atomic E-state index is 0.0974. The van der Waals surface area contributed by atoms with Gasteiger partial charge in [-0.3, -0.25) is 4.79 Å². The second-order valence-corrected chi connectivity index (χ2v) is 5.64. The molecule has 2 aromatic rings. The number of carbonyl (C=O) groups is 1. The highest BCUT2D eigenvalue weighted by Gasteiger charge is 2.18. The van der Waals surface area contributed by atoms with E-state index in [0.717, 1.165) is 28.2 Å².